The number of benzene rings is 1. The number of nitrogens with one attached hydrogen (secondary N) is 1. The number of rotatable bonds is 6. The summed E-state index contributed by atoms with van der Waals surface area (Å²) in [7, 11) is 0. The van der Waals surface area contributed by atoms with Gasteiger partial charge in [-0.05, 0) is 32.9 Å². The normalized spacial score (nSPS) is 11.2. The monoisotopic (exact) mass is 238 g/mol. The van der Waals surface area contributed by atoms with Gasteiger partial charge in [-0.2, -0.15) is 0 Å². The molecule has 0 radical (unpaired) electrons. The van der Waals surface area contributed by atoms with Crippen LogP contribution in [0.3, 0.4) is 0 Å². The van der Waals surface area contributed by atoms with Gasteiger partial charge in [-0.1, -0.05) is 0 Å². The fraction of sp³-hybridized carbons (Fsp3) is 0.500. The van der Waals surface area contributed by atoms with Gasteiger partial charge in [-0.15, -0.1) is 0 Å². The highest BCUT2D eigenvalue weighted by Crippen LogP contribution is 2.17. The number of hydrogen-bond acceptors (Lipinski definition) is 4. The first-order valence-corrected chi connectivity index (χ1v) is 5.57. The molecular weight excluding hydrogens is 220 g/mol. The first-order valence-electron chi connectivity index (χ1n) is 5.57. The van der Waals surface area contributed by atoms with Crippen molar-refractivity contribution >= 4 is 11.4 Å². The second-order valence-corrected chi connectivity index (χ2v) is 4.35. The Morgan fingerprint density at radius 3 is 2.41 bits per heavy atom. The Morgan fingerprint density at radius 1 is 1.35 bits per heavy atom. The van der Waals surface area contributed by atoms with E-state index < -0.39 is 4.92 Å². The smallest absolute Gasteiger partial charge is 0.269 e. The maximum atomic E-state index is 10.5. The molecule has 5 heteroatoms. The zero-order chi connectivity index (χ0) is 12.9. The average Bonchev–Trinajstić information content (AvgIpc) is 2.27. The van der Waals surface area contributed by atoms with Crippen molar-refractivity contribution in [2.24, 2.45) is 0 Å². The van der Waals surface area contributed by atoms with Crippen LogP contribution in [0.25, 0.3) is 0 Å². The lowest BCUT2D eigenvalue weighted by Gasteiger charge is -2.25. The van der Waals surface area contributed by atoms with Gasteiger partial charge in [0.25, 0.3) is 5.69 Å². The fourth-order valence-electron chi connectivity index (χ4n) is 1.46. The second kappa shape index (κ2) is 5.63. The van der Waals surface area contributed by atoms with Gasteiger partial charge in [0.05, 0.1) is 10.5 Å². The predicted octanol–water partition coefficient (Wildman–Crippen LogP) is 2.82. The molecule has 1 rings (SSSR count). The summed E-state index contributed by atoms with van der Waals surface area (Å²) in [4.78, 5) is 10.1. The second-order valence-electron chi connectivity index (χ2n) is 4.35. The summed E-state index contributed by atoms with van der Waals surface area (Å²) in [6.07, 6.45) is 0. The van der Waals surface area contributed by atoms with E-state index in [1.165, 1.54) is 12.1 Å². The Labute approximate surface area is 101 Å². The average molecular weight is 238 g/mol. The number of nitro groups is 1. The third kappa shape index (κ3) is 4.40. The summed E-state index contributed by atoms with van der Waals surface area (Å²) in [6.45, 7) is 7.25. The van der Waals surface area contributed by atoms with Gasteiger partial charge in [-0.25, -0.2) is 0 Å². The Kier molecular flexibility index (Phi) is 4.45. The summed E-state index contributed by atoms with van der Waals surface area (Å²) in [5.41, 5.74) is 0.694. The summed E-state index contributed by atoms with van der Waals surface area (Å²) in [5.74, 6) is 0. The molecule has 0 amide bonds. The van der Waals surface area contributed by atoms with Crippen molar-refractivity contribution in [1.29, 1.82) is 0 Å². The van der Waals surface area contributed by atoms with Gasteiger partial charge in [0.2, 0.25) is 0 Å². The lowest BCUT2D eigenvalue weighted by Crippen LogP contribution is -2.33. The molecule has 0 aromatic heterocycles. The first-order chi connectivity index (χ1) is 7.94. The molecule has 0 unspecified atom stereocenters. The molecule has 0 fully saturated rings. The van der Waals surface area contributed by atoms with Crippen molar-refractivity contribution in [3.05, 3.63) is 34.4 Å². The van der Waals surface area contributed by atoms with Crippen LogP contribution in [0.15, 0.2) is 24.3 Å². The largest absolute Gasteiger partial charge is 0.382 e. The van der Waals surface area contributed by atoms with E-state index >= 15 is 0 Å². The van der Waals surface area contributed by atoms with Crippen LogP contribution in [0.1, 0.15) is 20.8 Å². The van der Waals surface area contributed by atoms with Gasteiger partial charge < -0.3 is 10.1 Å². The Morgan fingerprint density at radius 2 is 1.94 bits per heavy atom. The standard InChI is InChI=1S/C12H18N2O3/c1-4-17-12(2,3)9-13-10-5-7-11(8-6-10)14(15)16/h5-8,13H,4,9H2,1-3H3. The summed E-state index contributed by atoms with van der Waals surface area (Å²) < 4.78 is 5.54. The molecule has 1 aromatic carbocycles. The molecule has 0 saturated carbocycles. The lowest BCUT2D eigenvalue weighted by molar-refractivity contribution is -0.384. The van der Waals surface area contributed by atoms with Crippen LogP contribution < -0.4 is 5.32 Å². The van der Waals surface area contributed by atoms with Crippen molar-refractivity contribution in [2.75, 3.05) is 18.5 Å². The molecule has 0 aliphatic rings. The van der Waals surface area contributed by atoms with Gasteiger partial charge in [0, 0.05) is 31.0 Å². The highest BCUT2D eigenvalue weighted by molar-refractivity contribution is 5.48. The number of hydrogen-bond donors (Lipinski definition) is 1. The van der Waals surface area contributed by atoms with Crippen molar-refractivity contribution < 1.29 is 9.66 Å². The molecule has 0 saturated heterocycles. The summed E-state index contributed by atoms with van der Waals surface area (Å²) in [5, 5.41) is 13.7. The molecule has 1 N–H and O–H groups in total. The number of ether oxygens (including phenoxy) is 1. The van der Waals surface area contributed by atoms with E-state index in [9.17, 15) is 10.1 Å². The number of anilines is 1. The molecule has 0 atom stereocenters. The summed E-state index contributed by atoms with van der Waals surface area (Å²) >= 11 is 0. The minimum Gasteiger partial charge on any atom is -0.382 e. The van der Waals surface area contributed by atoms with E-state index in [-0.39, 0.29) is 11.3 Å². The van der Waals surface area contributed by atoms with E-state index in [4.69, 9.17) is 4.74 Å². The van der Waals surface area contributed by atoms with Crippen LogP contribution in [0.4, 0.5) is 11.4 Å². The van der Waals surface area contributed by atoms with Gasteiger partial charge in [-0.3, -0.25) is 10.1 Å². The van der Waals surface area contributed by atoms with Crippen LogP contribution in [-0.4, -0.2) is 23.7 Å². The molecule has 0 spiro atoms. The van der Waals surface area contributed by atoms with E-state index in [0.717, 1.165) is 5.69 Å². The zero-order valence-corrected chi connectivity index (χ0v) is 10.4. The third-order valence-corrected chi connectivity index (χ3v) is 2.33. The van der Waals surface area contributed by atoms with Crippen LogP contribution in [0, 0.1) is 10.1 Å². The van der Waals surface area contributed by atoms with E-state index in [0.29, 0.717) is 13.2 Å². The van der Waals surface area contributed by atoms with Crippen LogP contribution >= 0.6 is 0 Å². The van der Waals surface area contributed by atoms with Crippen molar-refractivity contribution in [2.45, 2.75) is 26.4 Å². The molecule has 1 aromatic rings. The van der Waals surface area contributed by atoms with Crippen LogP contribution in [0.5, 0.6) is 0 Å². The van der Waals surface area contributed by atoms with E-state index in [1.807, 2.05) is 20.8 Å². The van der Waals surface area contributed by atoms with Crippen LogP contribution in [-0.2, 0) is 4.74 Å². The van der Waals surface area contributed by atoms with Gasteiger partial charge >= 0.3 is 0 Å². The number of nitrogens with zero attached hydrogens (tertiary/aromatic N) is 1. The maximum Gasteiger partial charge on any atom is 0.269 e. The molecule has 0 bridgehead atoms. The number of nitro benzene ring substituents is 1. The molecule has 0 heterocycles. The van der Waals surface area contributed by atoms with E-state index in [2.05, 4.69) is 5.32 Å². The first kappa shape index (κ1) is 13.4. The Hall–Kier alpha value is -1.62. The van der Waals surface area contributed by atoms with Crippen molar-refractivity contribution in [1.82, 2.24) is 0 Å². The SMILES string of the molecule is CCOC(C)(C)CNc1ccc([N+](=O)[O-])cc1. The molecule has 17 heavy (non-hydrogen) atoms. The quantitative estimate of drug-likeness (QED) is 0.611. The topological polar surface area (TPSA) is 64.4 Å². The molecule has 0 aliphatic heterocycles. The molecule has 0 aliphatic carbocycles. The molecule has 94 valence electrons. The number of non-ortho nitro benzene ring substituents is 1. The third-order valence-electron chi connectivity index (χ3n) is 2.33. The Balaban J connectivity index is 2.55. The maximum absolute atomic E-state index is 10.5. The van der Waals surface area contributed by atoms with Crippen molar-refractivity contribution in [3.63, 3.8) is 0 Å². The Bertz CT molecular complexity index is 374. The van der Waals surface area contributed by atoms with Crippen LogP contribution in [0.2, 0.25) is 0 Å². The fourth-order valence-corrected chi connectivity index (χ4v) is 1.46. The van der Waals surface area contributed by atoms with E-state index in [1.54, 1.807) is 12.1 Å². The van der Waals surface area contributed by atoms with Gasteiger partial charge in [0.1, 0.15) is 0 Å². The molecule has 5 nitrogen and oxygen atoms in total. The molecular formula is C12H18N2O3. The van der Waals surface area contributed by atoms with Gasteiger partial charge in [0.15, 0.2) is 0 Å². The minimum absolute atomic E-state index is 0.0969. The predicted molar refractivity (Wildman–Crippen MR) is 67.3 cm³/mol. The van der Waals surface area contributed by atoms with Crippen molar-refractivity contribution in [3.8, 4) is 0 Å². The minimum atomic E-state index is -0.409. The zero-order valence-electron chi connectivity index (χ0n) is 10.4. The highest BCUT2D eigenvalue weighted by atomic mass is 16.6. The highest BCUT2D eigenvalue weighted by Gasteiger charge is 2.17. The summed E-state index contributed by atoms with van der Waals surface area (Å²) in [6, 6.07) is 6.35. The lowest BCUT2D eigenvalue weighted by atomic mass is 10.1.